The first kappa shape index (κ1) is 13.5. The quantitative estimate of drug-likeness (QED) is 0.768. The lowest BCUT2D eigenvalue weighted by Crippen LogP contribution is -2.24. The van der Waals surface area contributed by atoms with E-state index >= 15 is 0 Å². The summed E-state index contributed by atoms with van der Waals surface area (Å²) in [5.74, 6) is -1.17. The van der Waals surface area contributed by atoms with E-state index in [9.17, 15) is 14.0 Å². The Labute approximate surface area is 111 Å². The van der Waals surface area contributed by atoms with Gasteiger partial charge in [-0.1, -0.05) is 26.0 Å². The molecule has 0 unspecified atom stereocenters. The van der Waals surface area contributed by atoms with Crippen LogP contribution in [0.5, 0.6) is 0 Å². The van der Waals surface area contributed by atoms with Crippen LogP contribution >= 0.6 is 0 Å². The number of carbonyl (C=O) groups is 2. The minimum atomic E-state index is -0.769. The van der Waals surface area contributed by atoms with Crippen LogP contribution in [-0.4, -0.2) is 11.8 Å². The number of hydrogen-bond acceptors (Lipinski definition) is 3. The number of ketones is 1. The molecule has 3 nitrogen and oxygen atoms in total. The number of benzene rings is 1. The third-order valence-electron chi connectivity index (χ3n) is 2.95. The summed E-state index contributed by atoms with van der Waals surface area (Å²) in [7, 11) is 0. The van der Waals surface area contributed by atoms with Gasteiger partial charge in [0.25, 0.3) is 0 Å². The number of allylic oxidation sites excluding steroid dienone is 2. The standard InChI is InChI=1S/C15H15FO3/c1-15(2)8-10(17)7-11(9-15)19-14(18)12-5-3-4-6-13(12)16/h3-7H,8-9H2,1-2H3. The summed E-state index contributed by atoms with van der Waals surface area (Å²) in [6, 6.07) is 5.61. The van der Waals surface area contributed by atoms with Gasteiger partial charge in [-0.15, -0.1) is 0 Å². The zero-order valence-electron chi connectivity index (χ0n) is 10.9. The van der Waals surface area contributed by atoms with Gasteiger partial charge in [0, 0.05) is 18.9 Å². The molecule has 0 aromatic heterocycles. The van der Waals surface area contributed by atoms with Crippen LogP contribution < -0.4 is 0 Å². The minimum absolute atomic E-state index is 0.0763. The number of rotatable bonds is 2. The van der Waals surface area contributed by atoms with Crippen LogP contribution in [0, 0.1) is 11.2 Å². The maximum atomic E-state index is 13.4. The molecule has 0 heterocycles. The first-order valence-electron chi connectivity index (χ1n) is 6.07. The van der Waals surface area contributed by atoms with Crippen LogP contribution in [0.25, 0.3) is 0 Å². The van der Waals surface area contributed by atoms with Crippen LogP contribution in [0.4, 0.5) is 4.39 Å². The van der Waals surface area contributed by atoms with Crippen molar-refractivity contribution in [3.05, 3.63) is 47.5 Å². The maximum absolute atomic E-state index is 13.4. The van der Waals surface area contributed by atoms with Gasteiger partial charge in [0.15, 0.2) is 5.78 Å². The normalized spacial score (nSPS) is 17.8. The Morgan fingerprint density at radius 2 is 1.95 bits per heavy atom. The molecule has 0 fully saturated rings. The van der Waals surface area contributed by atoms with Crippen LogP contribution in [0.3, 0.4) is 0 Å². The average molecular weight is 262 g/mol. The summed E-state index contributed by atoms with van der Waals surface area (Å²) in [4.78, 5) is 23.4. The van der Waals surface area contributed by atoms with Crippen molar-refractivity contribution in [2.45, 2.75) is 26.7 Å². The monoisotopic (exact) mass is 262 g/mol. The topological polar surface area (TPSA) is 43.4 Å². The molecule has 19 heavy (non-hydrogen) atoms. The van der Waals surface area contributed by atoms with E-state index in [2.05, 4.69) is 0 Å². The number of hydrogen-bond donors (Lipinski definition) is 0. The summed E-state index contributed by atoms with van der Waals surface area (Å²) in [5, 5.41) is 0. The van der Waals surface area contributed by atoms with Crippen molar-refractivity contribution in [3.8, 4) is 0 Å². The lowest BCUT2D eigenvalue weighted by Gasteiger charge is -2.27. The number of halogens is 1. The smallest absolute Gasteiger partial charge is 0.346 e. The fraction of sp³-hybridized carbons (Fsp3) is 0.333. The van der Waals surface area contributed by atoms with Crippen LogP contribution in [0.15, 0.2) is 36.1 Å². The molecule has 1 aliphatic rings. The molecule has 1 aromatic carbocycles. The SMILES string of the molecule is CC1(C)CC(=O)C=C(OC(=O)c2ccccc2F)C1. The van der Waals surface area contributed by atoms with Gasteiger partial charge >= 0.3 is 5.97 Å². The molecule has 2 rings (SSSR count). The Bertz CT molecular complexity index is 558. The molecule has 0 spiro atoms. The predicted molar refractivity (Wildman–Crippen MR) is 67.9 cm³/mol. The van der Waals surface area contributed by atoms with E-state index in [0.29, 0.717) is 18.6 Å². The highest BCUT2D eigenvalue weighted by Gasteiger charge is 2.29. The highest BCUT2D eigenvalue weighted by atomic mass is 19.1. The fourth-order valence-electron chi connectivity index (χ4n) is 2.15. The maximum Gasteiger partial charge on any atom is 0.346 e. The largest absolute Gasteiger partial charge is 0.427 e. The lowest BCUT2D eigenvalue weighted by atomic mass is 9.79. The highest BCUT2D eigenvalue weighted by molar-refractivity contribution is 5.94. The number of esters is 1. The molecule has 0 radical (unpaired) electrons. The summed E-state index contributed by atoms with van der Waals surface area (Å²) in [5.41, 5.74) is -0.365. The van der Waals surface area contributed by atoms with Crippen molar-refractivity contribution in [1.29, 1.82) is 0 Å². The molecule has 0 atom stereocenters. The summed E-state index contributed by atoms with van der Waals surface area (Å²) in [6.07, 6.45) is 2.23. The average Bonchev–Trinajstić information content (AvgIpc) is 2.26. The molecule has 0 saturated carbocycles. The van der Waals surface area contributed by atoms with Crippen molar-refractivity contribution in [2.24, 2.45) is 5.41 Å². The number of carbonyl (C=O) groups excluding carboxylic acids is 2. The molecule has 4 heteroatoms. The predicted octanol–water partition coefficient (Wildman–Crippen LogP) is 3.26. The molecule has 0 aliphatic heterocycles. The van der Waals surface area contributed by atoms with E-state index in [1.807, 2.05) is 13.8 Å². The lowest BCUT2D eigenvalue weighted by molar-refractivity contribution is -0.117. The van der Waals surface area contributed by atoms with Gasteiger partial charge in [0.1, 0.15) is 11.6 Å². The van der Waals surface area contributed by atoms with Crippen molar-refractivity contribution < 1.29 is 18.7 Å². The van der Waals surface area contributed by atoms with E-state index in [-0.39, 0.29) is 16.8 Å². The molecule has 1 aromatic rings. The molecule has 0 bridgehead atoms. The van der Waals surface area contributed by atoms with Crippen molar-refractivity contribution >= 4 is 11.8 Å². The molecule has 0 saturated heterocycles. The van der Waals surface area contributed by atoms with E-state index in [0.717, 1.165) is 0 Å². The van der Waals surface area contributed by atoms with Crippen LogP contribution in [0.1, 0.15) is 37.0 Å². The Kier molecular flexibility index (Phi) is 3.51. The fourth-order valence-corrected chi connectivity index (χ4v) is 2.15. The van der Waals surface area contributed by atoms with Gasteiger partial charge in [0.05, 0.1) is 5.56 Å². The molecule has 100 valence electrons. The zero-order chi connectivity index (χ0) is 14.0. The van der Waals surface area contributed by atoms with Gasteiger partial charge in [-0.3, -0.25) is 4.79 Å². The van der Waals surface area contributed by atoms with Crippen molar-refractivity contribution in [2.75, 3.05) is 0 Å². The molecular weight excluding hydrogens is 247 g/mol. The molecule has 1 aliphatic carbocycles. The number of ether oxygens (including phenoxy) is 1. The van der Waals surface area contributed by atoms with Gasteiger partial charge in [0.2, 0.25) is 0 Å². The van der Waals surface area contributed by atoms with E-state index in [4.69, 9.17) is 4.74 Å². The Balaban J connectivity index is 2.16. The van der Waals surface area contributed by atoms with E-state index in [1.165, 1.54) is 24.3 Å². The molecule has 0 amide bonds. The Morgan fingerprint density at radius 3 is 2.58 bits per heavy atom. The minimum Gasteiger partial charge on any atom is -0.427 e. The van der Waals surface area contributed by atoms with Gasteiger partial charge in [-0.2, -0.15) is 0 Å². The first-order valence-corrected chi connectivity index (χ1v) is 6.07. The van der Waals surface area contributed by atoms with Crippen molar-refractivity contribution in [1.82, 2.24) is 0 Å². The van der Waals surface area contributed by atoms with Crippen LogP contribution in [0.2, 0.25) is 0 Å². The summed E-state index contributed by atoms with van der Waals surface area (Å²) < 4.78 is 18.6. The van der Waals surface area contributed by atoms with Gasteiger partial charge < -0.3 is 4.74 Å². The second kappa shape index (κ2) is 4.96. The molecular formula is C15H15FO3. The van der Waals surface area contributed by atoms with Gasteiger partial charge in [-0.25, -0.2) is 9.18 Å². The molecule has 0 N–H and O–H groups in total. The zero-order valence-corrected chi connectivity index (χ0v) is 10.9. The van der Waals surface area contributed by atoms with E-state index in [1.54, 1.807) is 6.07 Å². The third kappa shape index (κ3) is 3.28. The summed E-state index contributed by atoms with van der Waals surface area (Å²) >= 11 is 0. The second-order valence-corrected chi connectivity index (χ2v) is 5.46. The van der Waals surface area contributed by atoms with Crippen LogP contribution in [-0.2, 0) is 9.53 Å². The van der Waals surface area contributed by atoms with Crippen molar-refractivity contribution in [3.63, 3.8) is 0 Å². The first-order chi connectivity index (χ1) is 8.87. The Hall–Kier alpha value is -1.97. The third-order valence-corrected chi connectivity index (χ3v) is 2.95. The highest BCUT2D eigenvalue weighted by Crippen LogP contribution is 2.34. The Morgan fingerprint density at radius 1 is 1.26 bits per heavy atom. The van der Waals surface area contributed by atoms with Gasteiger partial charge in [-0.05, 0) is 17.5 Å². The van der Waals surface area contributed by atoms with E-state index < -0.39 is 11.8 Å². The second-order valence-electron chi connectivity index (χ2n) is 5.46. The summed E-state index contributed by atoms with van der Waals surface area (Å²) in [6.45, 7) is 3.85.